The van der Waals surface area contributed by atoms with Crippen molar-refractivity contribution in [3.8, 4) is 0 Å². The maximum atomic E-state index is 3.72. The molecule has 3 aromatic rings. The van der Waals surface area contributed by atoms with Gasteiger partial charge in [-0.3, -0.25) is 6.08 Å². The smallest absolute Gasteiger partial charge is 0 e. The minimum absolute atomic E-state index is 0. The van der Waals surface area contributed by atoms with Gasteiger partial charge >= 0.3 is 0 Å². The Hall–Kier alpha value is -2.37. The van der Waals surface area contributed by atoms with Gasteiger partial charge < -0.3 is 27.7 Å². The second kappa shape index (κ2) is 41.8. The molecule has 0 aliphatic heterocycles. The molecule has 0 spiro atoms. The summed E-state index contributed by atoms with van der Waals surface area (Å²) in [6.07, 6.45) is 10.0. The summed E-state index contributed by atoms with van der Waals surface area (Å²) >= 11 is 0. The standard InChI is InChI=1S/3C7H7.C5H5.4C2H5.Zr/c3*1-7-5-3-2-4-6-7;1-2-4-5-3-1;4*1-2;/h3*2-6H,1H2;1-3H,4H2;4*1H2,2H3;/q8*-1;. The van der Waals surface area contributed by atoms with Gasteiger partial charge in [0, 0.05) is 26.2 Å². The van der Waals surface area contributed by atoms with Crippen LogP contribution in [-0.2, 0) is 26.2 Å². The molecule has 0 N–H and O–H groups in total. The monoisotopic (exact) mass is 544 g/mol. The molecule has 1 aliphatic rings. The van der Waals surface area contributed by atoms with Crippen molar-refractivity contribution in [2.24, 2.45) is 0 Å². The summed E-state index contributed by atoms with van der Waals surface area (Å²) in [4.78, 5) is 0. The molecular weight excluding hydrogens is 500 g/mol. The average Bonchev–Trinajstić information content (AvgIpc) is 3.52. The molecule has 1 heteroatoms. The van der Waals surface area contributed by atoms with Crippen molar-refractivity contribution >= 4 is 0 Å². The van der Waals surface area contributed by atoms with Crippen molar-refractivity contribution < 1.29 is 26.2 Å². The predicted molar refractivity (Wildman–Crippen MR) is 158 cm³/mol. The van der Waals surface area contributed by atoms with E-state index in [1.807, 2.05) is 103 Å². The zero-order valence-electron chi connectivity index (χ0n) is 22.5. The van der Waals surface area contributed by atoms with Gasteiger partial charge in [-0.25, -0.2) is 12.2 Å². The molecule has 0 radical (unpaired) electrons. The Kier molecular flexibility index (Phi) is 51.1. The van der Waals surface area contributed by atoms with E-state index in [1.165, 1.54) is 0 Å². The van der Waals surface area contributed by atoms with Crippen molar-refractivity contribution in [1.29, 1.82) is 0 Å². The molecule has 0 atom stereocenters. The van der Waals surface area contributed by atoms with Gasteiger partial charge in [0.25, 0.3) is 0 Å². The van der Waals surface area contributed by atoms with E-state index in [0.29, 0.717) is 0 Å². The van der Waals surface area contributed by atoms with Crippen LogP contribution >= 0.6 is 0 Å². The molecule has 0 fully saturated rings. The second-order valence-electron chi connectivity index (χ2n) is 5.46. The molecule has 4 rings (SSSR count). The van der Waals surface area contributed by atoms with E-state index in [0.717, 1.165) is 23.1 Å². The largest absolute Gasteiger partial charge is 0.346 e. The normalized spacial score (nSPS) is 8.34. The van der Waals surface area contributed by atoms with E-state index in [-0.39, 0.29) is 26.2 Å². The fraction of sp³-hybridized carbons (Fsp3) is 0.147. The summed E-state index contributed by atoms with van der Waals surface area (Å²) < 4.78 is 0. The summed E-state index contributed by atoms with van der Waals surface area (Å²) in [5.74, 6) is 0. The number of allylic oxidation sites excluding steroid dienone is 4. The molecule has 0 aromatic heterocycles. The zero-order chi connectivity index (χ0) is 26.9. The number of rotatable bonds is 0. The van der Waals surface area contributed by atoms with Crippen LogP contribution in [-0.4, -0.2) is 0 Å². The van der Waals surface area contributed by atoms with Gasteiger partial charge in [0.05, 0.1) is 0 Å². The van der Waals surface area contributed by atoms with E-state index in [9.17, 15) is 0 Å². The summed E-state index contributed by atoms with van der Waals surface area (Å²) in [6.45, 7) is 31.2. The van der Waals surface area contributed by atoms with Crippen LogP contribution in [0.3, 0.4) is 0 Å². The van der Waals surface area contributed by atoms with Gasteiger partial charge in [-0.2, -0.15) is 108 Å². The number of benzene rings is 3. The quantitative estimate of drug-likeness (QED) is 0.246. The molecule has 0 saturated heterocycles. The van der Waals surface area contributed by atoms with E-state index in [1.54, 1.807) is 27.7 Å². The van der Waals surface area contributed by atoms with Crippen molar-refractivity contribution in [3.05, 3.63) is 180 Å². The third kappa shape index (κ3) is 39.2. The maximum absolute atomic E-state index is 3.72. The van der Waals surface area contributed by atoms with E-state index < -0.39 is 0 Å². The average molecular weight is 546 g/mol. The van der Waals surface area contributed by atoms with Gasteiger partial charge in [-0.15, -0.1) is 42.8 Å². The Labute approximate surface area is 239 Å². The first kappa shape index (κ1) is 42.8. The Balaban J connectivity index is -0.000000104. The van der Waals surface area contributed by atoms with Crippen LogP contribution in [0.2, 0.25) is 0 Å². The molecular formula is C34H46Zr-8. The summed E-state index contributed by atoms with van der Waals surface area (Å²) in [5.41, 5.74) is 3.22. The van der Waals surface area contributed by atoms with E-state index in [4.69, 9.17) is 0 Å². The molecule has 0 amide bonds. The Morgan fingerprint density at radius 1 is 0.486 bits per heavy atom. The molecule has 0 heterocycles. The predicted octanol–water partition coefficient (Wildman–Crippen LogP) is 10.3. The van der Waals surface area contributed by atoms with Gasteiger partial charge in [-0.05, 0) is 0 Å². The van der Waals surface area contributed by atoms with Crippen LogP contribution in [0, 0.1) is 54.5 Å². The first-order valence-corrected chi connectivity index (χ1v) is 11.3. The van der Waals surface area contributed by atoms with Crippen LogP contribution in [0.1, 0.15) is 50.8 Å². The Morgan fingerprint density at radius 2 is 0.743 bits per heavy atom. The minimum Gasteiger partial charge on any atom is -0.346 e. The summed E-state index contributed by atoms with van der Waals surface area (Å²) in [5, 5.41) is 0. The molecule has 0 nitrogen and oxygen atoms in total. The third-order valence-electron chi connectivity index (χ3n) is 3.11. The van der Waals surface area contributed by atoms with Crippen LogP contribution in [0.5, 0.6) is 0 Å². The van der Waals surface area contributed by atoms with Crippen molar-refractivity contribution in [2.45, 2.75) is 34.1 Å². The number of hydrogen-bond donors (Lipinski definition) is 0. The second-order valence-corrected chi connectivity index (χ2v) is 5.46. The third-order valence-corrected chi connectivity index (χ3v) is 3.11. The van der Waals surface area contributed by atoms with Gasteiger partial charge in [0.15, 0.2) is 0 Å². The molecule has 35 heavy (non-hydrogen) atoms. The van der Waals surface area contributed by atoms with Crippen LogP contribution in [0.15, 0.2) is 109 Å². The van der Waals surface area contributed by atoms with Crippen LogP contribution in [0.4, 0.5) is 0 Å². The molecule has 0 bridgehead atoms. The van der Waals surface area contributed by atoms with E-state index in [2.05, 4.69) is 60.6 Å². The Bertz CT molecular complexity index is 630. The van der Waals surface area contributed by atoms with E-state index >= 15 is 0 Å². The summed E-state index contributed by atoms with van der Waals surface area (Å²) in [7, 11) is 0. The topological polar surface area (TPSA) is 0 Å². The van der Waals surface area contributed by atoms with Crippen molar-refractivity contribution in [2.75, 3.05) is 0 Å². The van der Waals surface area contributed by atoms with Gasteiger partial charge in [0.1, 0.15) is 0 Å². The maximum Gasteiger partial charge on any atom is 0 e. The van der Waals surface area contributed by atoms with Crippen LogP contribution < -0.4 is 0 Å². The summed E-state index contributed by atoms with van der Waals surface area (Å²) in [6, 6.07) is 29.6. The van der Waals surface area contributed by atoms with Crippen molar-refractivity contribution in [1.82, 2.24) is 0 Å². The van der Waals surface area contributed by atoms with Gasteiger partial charge in [-0.1, -0.05) is 18.2 Å². The first-order valence-electron chi connectivity index (χ1n) is 11.3. The fourth-order valence-electron chi connectivity index (χ4n) is 1.77. The van der Waals surface area contributed by atoms with Crippen molar-refractivity contribution in [3.63, 3.8) is 0 Å². The molecule has 194 valence electrons. The van der Waals surface area contributed by atoms with Gasteiger partial charge in [0.2, 0.25) is 0 Å². The molecule has 3 aromatic carbocycles. The fourth-order valence-corrected chi connectivity index (χ4v) is 1.77. The SMILES string of the molecule is [C-]1=CC=CC1.[CH2-]C.[CH2-]C.[CH2-]C.[CH2-]C.[CH2-]c1ccccc1.[CH2-]c1ccccc1.[CH2-]c1ccccc1.[Zr]. The first-order chi connectivity index (χ1) is 16.7. The Morgan fingerprint density at radius 3 is 0.829 bits per heavy atom. The minimum atomic E-state index is 0. The molecule has 1 aliphatic carbocycles. The zero-order valence-corrected chi connectivity index (χ0v) is 25.0. The van der Waals surface area contributed by atoms with Crippen LogP contribution in [0.25, 0.3) is 0 Å². The molecule has 0 saturated carbocycles. The number of hydrogen-bond acceptors (Lipinski definition) is 0. The molecule has 0 unspecified atom stereocenters.